The van der Waals surface area contributed by atoms with E-state index in [9.17, 15) is 4.79 Å². The van der Waals surface area contributed by atoms with Gasteiger partial charge in [-0.3, -0.25) is 4.90 Å². The molecule has 15 heavy (non-hydrogen) atoms. The van der Waals surface area contributed by atoms with E-state index in [1.165, 1.54) is 5.56 Å². The normalized spacial score (nSPS) is 15.9. The van der Waals surface area contributed by atoms with Crippen molar-refractivity contribution in [1.29, 1.82) is 0 Å². The van der Waals surface area contributed by atoms with Crippen LogP contribution >= 0.6 is 0 Å². The summed E-state index contributed by atoms with van der Waals surface area (Å²) < 4.78 is 0. The van der Waals surface area contributed by atoms with E-state index < -0.39 is 0 Å². The Bertz CT molecular complexity index is 374. The van der Waals surface area contributed by atoms with Crippen molar-refractivity contribution in [2.75, 3.05) is 18.0 Å². The molecule has 3 heteroatoms. The van der Waals surface area contributed by atoms with Crippen LogP contribution in [0.25, 0.3) is 0 Å². The smallest absolute Gasteiger partial charge is 0.322 e. The Kier molecular flexibility index (Phi) is 2.62. The quantitative estimate of drug-likeness (QED) is 0.788. The molecule has 0 aliphatic carbocycles. The lowest BCUT2D eigenvalue weighted by Crippen LogP contribution is -2.28. The standard InChI is InChI=1S/C12H16N2O/c1-9(2)10-5-3-4-6-11(10)14-8-7-13-12(14)15/h3-6,9H,7-8H2,1-2H3,(H,13,15). The summed E-state index contributed by atoms with van der Waals surface area (Å²) in [5.74, 6) is 0.439. The minimum Gasteiger partial charge on any atom is -0.336 e. The van der Waals surface area contributed by atoms with Gasteiger partial charge in [0.1, 0.15) is 0 Å². The highest BCUT2D eigenvalue weighted by Crippen LogP contribution is 2.27. The Morgan fingerprint density at radius 1 is 1.33 bits per heavy atom. The molecule has 1 N–H and O–H groups in total. The summed E-state index contributed by atoms with van der Waals surface area (Å²) in [4.78, 5) is 13.4. The van der Waals surface area contributed by atoms with Crippen LogP contribution in [0, 0.1) is 0 Å². The Labute approximate surface area is 90.1 Å². The minimum atomic E-state index is 0.0168. The van der Waals surface area contributed by atoms with E-state index in [-0.39, 0.29) is 6.03 Å². The number of nitrogens with one attached hydrogen (secondary N) is 1. The lowest BCUT2D eigenvalue weighted by atomic mass is 10.0. The molecular formula is C12H16N2O. The van der Waals surface area contributed by atoms with Crippen molar-refractivity contribution in [3.63, 3.8) is 0 Å². The highest BCUT2D eigenvalue weighted by Gasteiger charge is 2.23. The van der Waals surface area contributed by atoms with Gasteiger partial charge >= 0.3 is 6.03 Å². The van der Waals surface area contributed by atoms with Crippen molar-refractivity contribution in [1.82, 2.24) is 5.32 Å². The predicted octanol–water partition coefficient (Wildman–Crippen LogP) is 2.34. The molecule has 0 aromatic heterocycles. The largest absolute Gasteiger partial charge is 0.336 e. The molecular weight excluding hydrogens is 188 g/mol. The molecule has 1 saturated heterocycles. The zero-order valence-electron chi connectivity index (χ0n) is 9.16. The maximum Gasteiger partial charge on any atom is 0.322 e. The summed E-state index contributed by atoms with van der Waals surface area (Å²) >= 11 is 0. The molecule has 1 aliphatic rings. The second-order valence-corrected chi connectivity index (χ2v) is 4.10. The number of para-hydroxylation sites is 1. The Balaban J connectivity index is 2.38. The van der Waals surface area contributed by atoms with Crippen molar-refractivity contribution < 1.29 is 4.79 Å². The highest BCUT2D eigenvalue weighted by molar-refractivity contribution is 5.94. The first-order chi connectivity index (χ1) is 7.20. The number of hydrogen-bond donors (Lipinski definition) is 1. The SMILES string of the molecule is CC(C)c1ccccc1N1CCNC1=O. The molecule has 0 bridgehead atoms. The minimum absolute atomic E-state index is 0.0168. The van der Waals surface area contributed by atoms with Gasteiger partial charge in [-0.2, -0.15) is 0 Å². The van der Waals surface area contributed by atoms with E-state index >= 15 is 0 Å². The second kappa shape index (κ2) is 3.93. The van der Waals surface area contributed by atoms with Crippen LogP contribution in [0.3, 0.4) is 0 Å². The molecule has 80 valence electrons. The van der Waals surface area contributed by atoms with Crippen LogP contribution in [-0.4, -0.2) is 19.1 Å². The lowest BCUT2D eigenvalue weighted by Gasteiger charge is -2.20. The molecule has 1 aromatic carbocycles. The molecule has 0 atom stereocenters. The lowest BCUT2D eigenvalue weighted by molar-refractivity contribution is 0.252. The third-order valence-electron chi connectivity index (χ3n) is 2.71. The fourth-order valence-electron chi connectivity index (χ4n) is 1.92. The van der Waals surface area contributed by atoms with Gasteiger partial charge in [-0.25, -0.2) is 4.79 Å². The van der Waals surface area contributed by atoms with E-state index in [1.54, 1.807) is 0 Å². The maximum atomic E-state index is 11.6. The molecule has 1 aliphatic heterocycles. The first-order valence-corrected chi connectivity index (χ1v) is 5.34. The van der Waals surface area contributed by atoms with E-state index in [1.807, 2.05) is 23.1 Å². The Morgan fingerprint density at radius 3 is 2.67 bits per heavy atom. The van der Waals surface area contributed by atoms with Crippen LogP contribution < -0.4 is 10.2 Å². The predicted molar refractivity (Wildman–Crippen MR) is 61.3 cm³/mol. The number of anilines is 1. The van der Waals surface area contributed by atoms with Gasteiger partial charge in [-0.15, -0.1) is 0 Å². The molecule has 1 fully saturated rings. The van der Waals surface area contributed by atoms with Crippen molar-refractivity contribution in [2.45, 2.75) is 19.8 Å². The van der Waals surface area contributed by atoms with Gasteiger partial charge in [-0.05, 0) is 17.5 Å². The van der Waals surface area contributed by atoms with Gasteiger partial charge in [-0.1, -0.05) is 32.0 Å². The molecule has 0 unspecified atom stereocenters. The number of amides is 2. The molecule has 1 aromatic rings. The van der Waals surface area contributed by atoms with Crippen LogP contribution in [0.2, 0.25) is 0 Å². The molecule has 2 rings (SSSR count). The van der Waals surface area contributed by atoms with E-state index in [4.69, 9.17) is 0 Å². The number of nitrogens with zero attached hydrogens (tertiary/aromatic N) is 1. The van der Waals surface area contributed by atoms with Gasteiger partial charge in [0.25, 0.3) is 0 Å². The highest BCUT2D eigenvalue weighted by atomic mass is 16.2. The van der Waals surface area contributed by atoms with Gasteiger partial charge in [0.05, 0.1) is 0 Å². The van der Waals surface area contributed by atoms with Gasteiger partial charge in [0.15, 0.2) is 0 Å². The first-order valence-electron chi connectivity index (χ1n) is 5.34. The molecule has 0 saturated carbocycles. The third kappa shape index (κ3) is 1.82. The van der Waals surface area contributed by atoms with E-state index in [0.717, 1.165) is 18.8 Å². The molecule has 1 heterocycles. The van der Waals surface area contributed by atoms with Crippen LogP contribution in [0.1, 0.15) is 25.3 Å². The number of carbonyl (C=O) groups excluding carboxylic acids is 1. The van der Waals surface area contributed by atoms with Crippen molar-refractivity contribution in [2.24, 2.45) is 0 Å². The van der Waals surface area contributed by atoms with Gasteiger partial charge in [0, 0.05) is 18.8 Å². The molecule has 3 nitrogen and oxygen atoms in total. The summed E-state index contributed by atoms with van der Waals surface area (Å²) in [5.41, 5.74) is 2.28. The van der Waals surface area contributed by atoms with Crippen LogP contribution in [0.15, 0.2) is 24.3 Å². The fourth-order valence-corrected chi connectivity index (χ4v) is 1.92. The number of urea groups is 1. The maximum absolute atomic E-state index is 11.6. The van der Waals surface area contributed by atoms with Crippen LogP contribution in [0.4, 0.5) is 10.5 Å². The van der Waals surface area contributed by atoms with Crippen molar-refractivity contribution in [3.8, 4) is 0 Å². The molecule has 0 radical (unpaired) electrons. The summed E-state index contributed by atoms with van der Waals surface area (Å²) in [6.07, 6.45) is 0. The van der Waals surface area contributed by atoms with Crippen molar-refractivity contribution in [3.05, 3.63) is 29.8 Å². The summed E-state index contributed by atoms with van der Waals surface area (Å²) in [6.45, 7) is 5.80. The number of carbonyl (C=O) groups is 1. The number of hydrogen-bond acceptors (Lipinski definition) is 1. The number of benzene rings is 1. The monoisotopic (exact) mass is 204 g/mol. The van der Waals surface area contributed by atoms with Gasteiger partial charge in [0.2, 0.25) is 0 Å². The van der Waals surface area contributed by atoms with Crippen LogP contribution in [-0.2, 0) is 0 Å². The summed E-state index contributed by atoms with van der Waals surface area (Å²) in [6, 6.07) is 8.12. The second-order valence-electron chi connectivity index (χ2n) is 4.10. The van der Waals surface area contributed by atoms with Crippen molar-refractivity contribution >= 4 is 11.7 Å². The topological polar surface area (TPSA) is 32.3 Å². The zero-order valence-corrected chi connectivity index (χ0v) is 9.16. The summed E-state index contributed by atoms with van der Waals surface area (Å²) in [7, 11) is 0. The third-order valence-corrected chi connectivity index (χ3v) is 2.71. The van der Waals surface area contributed by atoms with E-state index in [2.05, 4.69) is 25.2 Å². The Hall–Kier alpha value is -1.51. The zero-order chi connectivity index (χ0) is 10.8. The number of rotatable bonds is 2. The first kappa shape index (κ1) is 10.0. The average molecular weight is 204 g/mol. The van der Waals surface area contributed by atoms with Crippen LogP contribution in [0.5, 0.6) is 0 Å². The molecule has 2 amide bonds. The van der Waals surface area contributed by atoms with E-state index in [0.29, 0.717) is 5.92 Å². The Morgan fingerprint density at radius 2 is 2.07 bits per heavy atom. The average Bonchev–Trinajstić information content (AvgIpc) is 2.64. The van der Waals surface area contributed by atoms with Gasteiger partial charge < -0.3 is 5.32 Å². The molecule has 0 spiro atoms. The summed E-state index contributed by atoms with van der Waals surface area (Å²) in [5, 5.41) is 2.82. The fraction of sp³-hybridized carbons (Fsp3) is 0.417.